The van der Waals surface area contributed by atoms with Crippen molar-refractivity contribution in [3.63, 3.8) is 0 Å². The summed E-state index contributed by atoms with van der Waals surface area (Å²) < 4.78 is 6.17. The lowest BCUT2D eigenvalue weighted by molar-refractivity contribution is -0.155. The Morgan fingerprint density at radius 1 is 1.65 bits per heavy atom. The van der Waals surface area contributed by atoms with Gasteiger partial charge in [0.1, 0.15) is 12.0 Å². The van der Waals surface area contributed by atoms with E-state index in [1.807, 2.05) is 0 Å². The molecule has 8 nitrogen and oxygen atoms in total. The van der Waals surface area contributed by atoms with Crippen molar-refractivity contribution in [2.24, 2.45) is 0 Å². The maximum atomic E-state index is 11.5. The zero-order valence-corrected chi connectivity index (χ0v) is 8.68. The lowest BCUT2D eigenvalue weighted by atomic mass is 10.2. The number of hydrogen-bond donors (Lipinski definition) is 3. The summed E-state index contributed by atoms with van der Waals surface area (Å²) in [6.45, 7) is 0. The highest BCUT2D eigenvalue weighted by atomic mass is 16.6. The average molecular weight is 241 g/mol. The van der Waals surface area contributed by atoms with Crippen LogP contribution in [-0.2, 0) is 9.53 Å². The van der Waals surface area contributed by atoms with Crippen LogP contribution in [0.2, 0.25) is 0 Å². The third-order valence-corrected chi connectivity index (χ3v) is 2.50. The predicted octanol–water partition coefficient (Wildman–Crippen LogP) is -1.44. The smallest absolute Gasteiger partial charge is 0.351 e. The van der Waals surface area contributed by atoms with Crippen LogP contribution < -0.4 is 11.4 Å². The number of ether oxygens (including phenoxy) is 1. The van der Waals surface area contributed by atoms with Crippen LogP contribution in [0.4, 0.5) is 5.82 Å². The van der Waals surface area contributed by atoms with E-state index in [0.717, 1.165) is 4.57 Å². The van der Waals surface area contributed by atoms with Gasteiger partial charge < -0.3 is 20.7 Å². The molecule has 1 fully saturated rings. The number of nitrogens with zero attached hydrogens (tertiary/aromatic N) is 2. The van der Waals surface area contributed by atoms with Gasteiger partial charge in [-0.3, -0.25) is 4.57 Å². The highest BCUT2D eigenvalue weighted by Crippen LogP contribution is 2.27. The molecule has 4 N–H and O–H groups in total. The van der Waals surface area contributed by atoms with Crippen LogP contribution in [0.3, 0.4) is 0 Å². The number of carboxylic acids is 1. The van der Waals surface area contributed by atoms with Gasteiger partial charge >= 0.3 is 11.7 Å². The Morgan fingerprint density at radius 3 is 2.88 bits per heavy atom. The van der Waals surface area contributed by atoms with Crippen molar-refractivity contribution >= 4 is 11.8 Å². The number of nitrogen functional groups attached to an aromatic ring is 1. The van der Waals surface area contributed by atoms with Crippen LogP contribution in [-0.4, -0.2) is 37.9 Å². The molecule has 17 heavy (non-hydrogen) atoms. The van der Waals surface area contributed by atoms with Crippen LogP contribution in [0.5, 0.6) is 0 Å². The van der Waals surface area contributed by atoms with E-state index >= 15 is 0 Å². The standard InChI is InChI=1S/C9H11N3O5/c10-5-1-2-12(9(16)11-5)6-3-4(13)7(17-6)8(14)15/h1-2,4,6-7,13H,3H2,(H,14,15)(H2,10,11,16). The molecule has 0 bridgehead atoms. The normalized spacial score (nSPS) is 28.2. The number of aliphatic hydroxyl groups excluding tert-OH is 1. The van der Waals surface area contributed by atoms with Gasteiger partial charge in [-0.05, 0) is 6.07 Å². The summed E-state index contributed by atoms with van der Waals surface area (Å²) in [6, 6.07) is 1.39. The summed E-state index contributed by atoms with van der Waals surface area (Å²) in [7, 11) is 0. The topological polar surface area (TPSA) is 128 Å². The lowest BCUT2D eigenvalue weighted by Crippen LogP contribution is -2.30. The minimum Gasteiger partial charge on any atom is -0.479 e. The summed E-state index contributed by atoms with van der Waals surface area (Å²) in [5, 5.41) is 18.2. The molecular weight excluding hydrogens is 230 g/mol. The Hall–Kier alpha value is -1.93. The molecular formula is C9H11N3O5. The van der Waals surface area contributed by atoms with Crippen molar-refractivity contribution in [2.75, 3.05) is 5.73 Å². The summed E-state index contributed by atoms with van der Waals surface area (Å²) in [4.78, 5) is 25.7. The zero-order chi connectivity index (χ0) is 12.6. The first-order valence-corrected chi connectivity index (χ1v) is 4.90. The number of aromatic nitrogens is 2. The van der Waals surface area contributed by atoms with Gasteiger partial charge in [-0.1, -0.05) is 0 Å². The molecule has 8 heteroatoms. The van der Waals surface area contributed by atoms with Crippen molar-refractivity contribution in [1.82, 2.24) is 9.55 Å². The predicted molar refractivity (Wildman–Crippen MR) is 55.1 cm³/mol. The lowest BCUT2D eigenvalue weighted by Gasteiger charge is -2.13. The molecule has 0 aliphatic carbocycles. The third kappa shape index (κ3) is 2.12. The summed E-state index contributed by atoms with van der Waals surface area (Å²) >= 11 is 0. The van der Waals surface area contributed by atoms with Gasteiger partial charge in [0.15, 0.2) is 6.10 Å². The first-order valence-electron chi connectivity index (χ1n) is 4.90. The number of rotatable bonds is 2. The second kappa shape index (κ2) is 4.15. The quantitative estimate of drug-likeness (QED) is 0.578. The number of aliphatic carboxylic acids is 1. The van der Waals surface area contributed by atoms with E-state index in [-0.39, 0.29) is 12.2 Å². The SMILES string of the molecule is Nc1ccn(C2CC(O)C(C(=O)O)O2)c(=O)n1. The maximum absolute atomic E-state index is 11.5. The van der Waals surface area contributed by atoms with Crippen LogP contribution in [0, 0.1) is 0 Å². The second-order valence-electron chi connectivity index (χ2n) is 3.69. The molecule has 0 radical (unpaired) electrons. The van der Waals surface area contributed by atoms with Gasteiger partial charge in [0.2, 0.25) is 0 Å². The van der Waals surface area contributed by atoms with Crippen molar-refractivity contribution in [1.29, 1.82) is 0 Å². The third-order valence-electron chi connectivity index (χ3n) is 2.50. The van der Waals surface area contributed by atoms with E-state index in [1.54, 1.807) is 0 Å². The number of hydrogen-bond acceptors (Lipinski definition) is 6. The molecule has 92 valence electrons. The van der Waals surface area contributed by atoms with Crippen molar-refractivity contribution < 1.29 is 19.7 Å². The van der Waals surface area contributed by atoms with Crippen LogP contribution in [0.1, 0.15) is 12.6 Å². The first-order chi connectivity index (χ1) is 7.99. The minimum atomic E-state index is -1.33. The summed E-state index contributed by atoms with van der Waals surface area (Å²) in [5.74, 6) is -1.20. The number of carboxylic acid groups (broad SMARTS) is 1. The summed E-state index contributed by atoms with van der Waals surface area (Å²) in [6.07, 6.45) is -1.95. The molecule has 0 spiro atoms. The van der Waals surface area contributed by atoms with Gasteiger partial charge in [0.05, 0.1) is 6.10 Å². The summed E-state index contributed by atoms with van der Waals surface area (Å²) in [5.41, 5.74) is 4.68. The van der Waals surface area contributed by atoms with Crippen LogP contribution in [0.25, 0.3) is 0 Å². The molecule has 3 atom stereocenters. The van der Waals surface area contributed by atoms with Gasteiger partial charge in [0.25, 0.3) is 0 Å². The number of carbonyl (C=O) groups is 1. The fraction of sp³-hybridized carbons (Fsp3) is 0.444. The van der Waals surface area contributed by atoms with E-state index in [2.05, 4.69) is 4.98 Å². The van der Waals surface area contributed by atoms with E-state index in [0.29, 0.717) is 0 Å². The highest BCUT2D eigenvalue weighted by Gasteiger charge is 2.40. The molecule has 1 saturated heterocycles. The molecule has 0 aromatic carbocycles. The Labute approximate surface area is 95.3 Å². The molecule has 1 aromatic rings. The van der Waals surface area contributed by atoms with E-state index in [9.17, 15) is 14.7 Å². The number of nitrogens with two attached hydrogens (primary N) is 1. The van der Waals surface area contributed by atoms with Crippen molar-refractivity contribution in [2.45, 2.75) is 24.9 Å². The van der Waals surface area contributed by atoms with E-state index in [4.69, 9.17) is 15.6 Å². The van der Waals surface area contributed by atoms with Gasteiger partial charge in [-0.15, -0.1) is 0 Å². The Bertz CT molecular complexity index is 500. The molecule has 0 saturated carbocycles. The van der Waals surface area contributed by atoms with Crippen LogP contribution in [0.15, 0.2) is 17.1 Å². The number of aliphatic hydroxyl groups is 1. The molecule has 2 heterocycles. The fourth-order valence-corrected chi connectivity index (χ4v) is 1.69. The van der Waals surface area contributed by atoms with E-state index < -0.39 is 30.1 Å². The van der Waals surface area contributed by atoms with Gasteiger partial charge in [0, 0.05) is 12.6 Å². The largest absolute Gasteiger partial charge is 0.479 e. The Balaban J connectivity index is 2.26. The Kier molecular flexibility index (Phi) is 2.82. The maximum Gasteiger partial charge on any atom is 0.351 e. The fourth-order valence-electron chi connectivity index (χ4n) is 1.69. The molecule has 1 aliphatic rings. The van der Waals surface area contributed by atoms with Crippen molar-refractivity contribution in [3.8, 4) is 0 Å². The second-order valence-corrected chi connectivity index (χ2v) is 3.69. The van der Waals surface area contributed by atoms with E-state index in [1.165, 1.54) is 12.3 Å². The number of anilines is 1. The Morgan fingerprint density at radius 2 is 2.35 bits per heavy atom. The highest BCUT2D eigenvalue weighted by molar-refractivity contribution is 5.73. The molecule has 2 rings (SSSR count). The van der Waals surface area contributed by atoms with Gasteiger partial charge in [-0.2, -0.15) is 4.98 Å². The monoisotopic (exact) mass is 241 g/mol. The van der Waals surface area contributed by atoms with Crippen molar-refractivity contribution in [3.05, 3.63) is 22.7 Å². The molecule has 3 unspecified atom stereocenters. The molecule has 1 aromatic heterocycles. The zero-order valence-electron chi connectivity index (χ0n) is 8.68. The minimum absolute atomic E-state index is 0.0163. The first kappa shape index (κ1) is 11.6. The van der Waals surface area contributed by atoms with Gasteiger partial charge in [-0.25, -0.2) is 9.59 Å². The van der Waals surface area contributed by atoms with Crippen LogP contribution >= 0.6 is 0 Å². The molecule has 0 amide bonds. The average Bonchev–Trinajstić information content (AvgIpc) is 2.60. The molecule has 1 aliphatic heterocycles.